The van der Waals surface area contributed by atoms with Crippen LogP contribution in [-0.4, -0.2) is 44.1 Å². The number of carbonyl (C=O) groups excluding carboxylic acids is 3. The van der Waals surface area contributed by atoms with Gasteiger partial charge in [-0.1, -0.05) is 26.2 Å². The first kappa shape index (κ1) is 20.2. The summed E-state index contributed by atoms with van der Waals surface area (Å²) in [6.45, 7) is 2.00. The molecule has 29 heavy (non-hydrogen) atoms. The van der Waals surface area contributed by atoms with Gasteiger partial charge in [-0.3, -0.25) is 19.7 Å². The summed E-state index contributed by atoms with van der Waals surface area (Å²) in [6.07, 6.45) is 2.79. The highest BCUT2D eigenvalue weighted by Crippen LogP contribution is 2.29. The number of aromatic nitrogens is 2. The quantitative estimate of drug-likeness (QED) is 0.283. The Bertz CT molecular complexity index is 941. The van der Waals surface area contributed by atoms with Crippen molar-refractivity contribution in [1.82, 2.24) is 15.4 Å². The minimum atomic E-state index is -0.913. The Morgan fingerprint density at radius 1 is 1.28 bits per heavy atom. The second-order valence-corrected chi connectivity index (χ2v) is 6.54. The number of carbonyl (C=O) groups is 3. The highest BCUT2D eigenvalue weighted by atomic mass is 16.7. The second kappa shape index (κ2) is 8.63. The fourth-order valence-corrected chi connectivity index (χ4v) is 2.96. The number of imide groups is 1. The van der Waals surface area contributed by atoms with Crippen molar-refractivity contribution in [3.63, 3.8) is 0 Å². The third-order valence-corrected chi connectivity index (χ3v) is 4.49. The smallest absolute Gasteiger partial charge is 0.355 e. The number of non-ortho nitro benzene ring substituents is 1. The van der Waals surface area contributed by atoms with E-state index in [0.717, 1.165) is 12.8 Å². The van der Waals surface area contributed by atoms with E-state index in [1.807, 2.05) is 6.92 Å². The summed E-state index contributed by atoms with van der Waals surface area (Å²) in [4.78, 5) is 51.6. The molecule has 1 aliphatic heterocycles. The zero-order chi connectivity index (χ0) is 21.0. The highest BCUT2D eigenvalue weighted by Gasteiger charge is 2.35. The first-order valence-corrected chi connectivity index (χ1v) is 9.16. The lowest BCUT2D eigenvalue weighted by atomic mass is 10.1. The van der Waals surface area contributed by atoms with Crippen LogP contribution in [0.1, 0.15) is 45.4 Å². The number of hydroxylamine groups is 2. The fourth-order valence-electron chi connectivity index (χ4n) is 2.96. The molecule has 0 aliphatic carbocycles. The zero-order valence-electron chi connectivity index (χ0n) is 15.6. The number of rotatable bonds is 9. The molecule has 0 bridgehead atoms. The first-order valence-electron chi connectivity index (χ1n) is 9.16. The number of benzene rings is 1. The Hall–Kier alpha value is -3.57. The van der Waals surface area contributed by atoms with Crippen LogP contribution in [0, 0.1) is 10.1 Å². The van der Waals surface area contributed by atoms with Gasteiger partial charge in [-0.25, -0.2) is 9.42 Å². The molecular weight excluding hydrogens is 386 g/mol. The minimum Gasteiger partial charge on any atom is -0.370 e. The van der Waals surface area contributed by atoms with Crippen molar-refractivity contribution in [3.05, 3.63) is 22.2 Å². The molecule has 0 radical (unpaired) electrons. The van der Waals surface area contributed by atoms with Gasteiger partial charge in [0.2, 0.25) is 5.52 Å². The van der Waals surface area contributed by atoms with Gasteiger partial charge in [0.1, 0.15) is 6.04 Å². The van der Waals surface area contributed by atoms with Gasteiger partial charge >= 0.3 is 11.7 Å². The Balaban J connectivity index is 1.83. The van der Waals surface area contributed by atoms with E-state index in [0.29, 0.717) is 17.9 Å². The van der Waals surface area contributed by atoms with Gasteiger partial charge in [0.25, 0.3) is 11.8 Å². The van der Waals surface area contributed by atoms with Gasteiger partial charge in [-0.15, -0.1) is 5.06 Å². The topological polar surface area (TPSA) is 158 Å². The van der Waals surface area contributed by atoms with E-state index in [-0.39, 0.29) is 35.2 Å². The van der Waals surface area contributed by atoms with Crippen LogP contribution in [0.2, 0.25) is 0 Å². The lowest BCUT2D eigenvalue weighted by molar-refractivity contribution is -0.383. The maximum atomic E-state index is 12.6. The molecule has 154 valence electrons. The third-order valence-electron chi connectivity index (χ3n) is 4.49. The minimum absolute atomic E-state index is 0.00632. The van der Waals surface area contributed by atoms with Gasteiger partial charge in [0.15, 0.2) is 5.52 Å². The number of hydrogen-bond acceptors (Lipinski definition) is 10. The van der Waals surface area contributed by atoms with E-state index in [9.17, 15) is 24.5 Å². The van der Waals surface area contributed by atoms with Gasteiger partial charge in [0, 0.05) is 18.9 Å². The standard InChI is InChI=1S/C17H19N5O7/c1-2-3-4-5-11(17(25)28-21-13(23)8-9-14(21)24)18-10-6-7-12(22(26)27)16-15(10)19-29-20-16/h6-7,11,18H,2-5,8-9H2,1H3. The van der Waals surface area contributed by atoms with Gasteiger partial charge in [0.05, 0.1) is 10.6 Å². The van der Waals surface area contributed by atoms with Crippen molar-refractivity contribution in [2.24, 2.45) is 0 Å². The Kier molecular flexibility index (Phi) is 6.00. The van der Waals surface area contributed by atoms with Crippen LogP contribution >= 0.6 is 0 Å². The Morgan fingerprint density at radius 3 is 2.62 bits per heavy atom. The van der Waals surface area contributed by atoms with Crippen LogP contribution in [0.3, 0.4) is 0 Å². The van der Waals surface area contributed by atoms with Crippen LogP contribution in [0.25, 0.3) is 11.0 Å². The molecular formula is C17H19N5O7. The molecule has 0 saturated carbocycles. The number of nitro benzene ring substituents is 1. The number of hydrogen-bond donors (Lipinski definition) is 1. The molecule has 2 amide bonds. The van der Waals surface area contributed by atoms with Crippen molar-refractivity contribution in [1.29, 1.82) is 0 Å². The molecule has 3 rings (SSSR count). The average Bonchev–Trinajstić information content (AvgIpc) is 3.29. The summed E-state index contributed by atoms with van der Waals surface area (Å²) in [5.74, 6) is -1.96. The molecule has 1 unspecified atom stereocenters. The summed E-state index contributed by atoms with van der Waals surface area (Å²) in [7, 11) is 0. The summed E-state index contributed by atoms with van der Waals surface area (Å²) in [5.41, 5.74) is 0.0148. The van der Waals surface area contributed by atoms with Gasteiger partial charge < -0.3 is 10.2 Å². The largest absolute Gasteiger partial charge is 0.370 e. The molecule has 1 N–H and O–H groups in total. The predicted octanol–water partition coefficient (Wildman–Crippen LogP) is 2.10. The van der Waals surface area contributed by atoms with Crippen molar-refractivity contribution < 1.29 is 28.8 Å². The van der Waals surface area contributed by atoms with E-state index in [2.05, 4.69) is 20.3 Å². The van der Waals surface area contributed by atoms with E-state index in [1.165, 1.54) is 12.1 Å². The number of unbranched alkanes of at least 4 members (excludes halogenated alkanes) is 2. The predicted molar refractivity (Wildman–Crippen MR) is 97.2 cm³/mol. The second-order valence-electron chi connectivity index (χ2n) is 6.54. The lowest BCUT2D eigenvalue weighted by Gasteiger charge is -2.21. The summed E-state index contributed by atoms with van der Waals surface area (Å²) in [6, 6.07) is 1.69. The number of amides is 2. The maximum Gasteiger partial charge on any atom is 0.355 e. The highest BCUT2D eigenvalue weighted by molar-refractivity contribution is 6.02. The summed E-state index contributed by atoms with van der Waals surface area (Å²) >= 11 is 0. The van der Waals surface area contributed by atoms with Crippen molar-refractivity contribution in [2.75, 3.05) is 5.32 Å². The van der Waals surface area contributed by atoms with Crippen LogP contribution in [-0.2, 0) is 19.2 Å². The average molecular weight is 405 g/mol. The van der Waals surface area contributed by atoms with Gasteiger partial charge in [-0.05, 0) is 22.8 Å². The molecule has 12 heteroatoms. The van der Waals surface area contributed by atoms with Crippen LogP contribution in [0.15, 0.2) is 16.8 Å². The number of nitrogens with one attached hydrogen (secondary N) is 1. The van der Waals surface area contributed by atoms with Crippen LogP contribution in [0.5, 0.6) is 0 Å². The molecule has 1 aliphatic rings. The number of nitrogens with zero attached hydrogens (tertiary/aromatic N) is 4. The molecule has 1 fully saturated rings. The van der Waals surface area contributed by atoms with Crippen molar-refractivity contribution in [2.45, 2.75) is 51.5 Å². The van der Waals surface area contributed by atoms with Gasteiger partial charge in [-0.2, -0.15) is 0 Å². The normalized spacial score (nSPS) is 15.0. The Labute approximate surface area is 164 Å². The molecule has 0 spiro atoms. The molecule has 1 atom stereocenters. The molecule has 2 aromatic rings. The van der Waals surface area contributed by atoms with Crippen LogP contribution < -0.4 is 5.32 Å². The van der Waals surface area contributed by atoms with E-state index >= 15 is 0 Å². The summed E-state index contributed by atoms with van der Waals surface area (Å²) < 4.78 is 4.61. The number of fused-ring (bicyclic) bond motifs is 1. The van der Waals surface area contributed by atoms with E-state index in [1.54, 1.807) is 0 Å². The van der Waals surface area contributed by atoms with E-state index in [4.69, 9.17) is 4.84 Å². The monoisotopic (exact) mass is 405 g/mol. The number of anilines is 1. The SMILES string of the molecule is CCCCCC(Nc1ccc([N+](=O)[O-])c2nonc12)C(=O)ON1C(=O)CCC1=O. The van der Waals surface area contributed by atoms with E-state index < -0.39 is 28.7 Å². The molecule has 2 heterocycles. The summed E-state index contributed by atoms with van der Waals surface area (Å²) in [5, 5.41) is 21.8. The fraction of sp³-hybridized carbons (Fsp3) is 0.471. The van der Waals surface area contributed by atoms with Crippen molar-refractivity contribution >= 4 is 40.2 Å². The van der Waals surface area contributed by atoms with Crippen LogP contribution in [0.4, 0.5) is 11.4 Å². The molecule has 1 aromatic heterocycles. The molecule has 1 aromatic carbocycles. The number of nitro groups is 1. The molecule has 12 nitrogen and oxygen atoms in total. The molecule has 1 saturated heterocycles. The first-order chi connectivity index (χ1) is 13.9. The van der Waals surface area contributed by atoms with Crippen molar-refractivity contribution in [3.8, 4) is 0 Å². The third kappa shape index (κ3) is 4.31. The Morgan fingerprint density at radius 2 is 1.97 bits per heavy atom. The maximum absolute atomic E-state index is 12.6. The zero-order valence-corrected chi connectivity index (χ0v) is 15.6. The lowest BCUT2D eigenvalue weighted by Crippen LogP contribution is -2.39.